The van der Waals surface area contributed by atoms with Crippen molar-refractivity contribution in [2.24, 2.45) is 5.92 Å². The van der Waals surface area contributed by atoms with Crippen molar-refractivity contribution in [2.45, 2.75) is 63.7 Å². The lowest BCUT2D eigenvalue weighted by molar-refractivity contribution is -0.315. The molecule has 0 spiro atoms. The summed E-state index contributed by atoms with van der Waals surface area (Å²) in [6.45, 7) is 3.44. The van der Waals surface area contributed by atoms with Crippen molar-refractivity contribution in [1.29, 1.82) is 0 Å². The standard InChI is InChI=1S/C21H24F6O2/c1-3-5-13-11-15(7-9-17(13)28)19(20(22,23)24,21(25,26)27)16-8-10-18(29)14(12-16)6-4-2/h7-11,16,28-29H,3-6,12H2,1-2H3. The van der Waals surface area contributed by atoms with E-state index in [2.05, 4.69) is 0 Å². The molecule has 0 fully saturated rings. The quantitative estimate of drug-likeness (QED) is 0.490. The molecule has 1 aliphatic rings. The van der Waals surface area contributed by atoms with Crippen LogP contribution in [0.15, 0.2) is 41.7 Å². The SMILES string of the molecule is CCCC1=C(O)C=CC(C(c2ccc(O)c(CCC)c2)(C(F)(F)F)C(F)(F)F)C1. The van der Waals surface area contributed by atoms with Gasteiger partial charge in [-0.15, -0.1) is 0 Å². The van der Waals surface area contributed by atoms with Gasteiger partial charge in [0.2, 0.25) is 0 Å². The summed E-state index contributed by atoms with van der Waals surface area (Å²) in [5, 5.41) is 19.8. The summed E-state index contributed by atoms with van der Waals surface area (Å²) >= 11 is 0. The van der Waals surface area contributed by atoms with Crippen molar-refractivity contribution >= 4 is 0 Å². The average Bonchev–Trinajstić information content (AvgIpc) is 2.59. The predicted octanol–water partition coefficient (Wildman–Crippen LogP) is 6.90. The van der Waals surface area contributed by atoms with Crippen molar-refractivity contribution in [3.63, 3.8) is 0 Å². The molecule has 29 heavy (non-hydrogen) atoms. The molecule has 0 bridgehead atoms. The number of phenolic OH excluding ortho intramolecular Hbond substituents is 1. The van der Waals surface area contributed by atoms with Gasteiger partial charge in [-0.25, -0.2) is 0 Å². The third kappa shape index (κ3) is 4.12. The van der Waals surface area contributed by atoms with Crippen LogP contribution in [-0.2, 0) is 11.8 Å². The van der Waals surface area contributed by atoms with Crippen molar-refractivity contribution in [2.75, 3.05) is 0 Å². The molecule has 1 aromatic rings. The fraction of sp³-hybridized carbons (Fsp3) is 0.524. The molecule has 0 saturated heterocycles. The second-order valence-electron chi connectivity index (χ2n) is 7.31. The van der Waals surface area contributed by atoms with Crippen LogP contribution in [0.2, 0.25) is 0 Å². The van der Waals surface area contributed by atoms with E-state index in [-0.39, 0.29) is 35.5 Å². The highest BCUT2D eigenvalue weighted by molar-refractivity contribution is 5.44. The summed E-state index contributed by atoms with van der Waals surface area (Å²) < 4.78 is 85.6. The van der Waals surface area contributed by atoms with E-state index in [4.69, 9.17) is 0 Å². The Morgan fingerprint density at radius 2 is 1.52 bits per heavy atom. The van der Waals surface area contributed by atoms with E-state index < -0.39 is 35.7 Å². The molecular weight excluding hydrogens is 398 g/mol. The Bertz CT molecular complexity index is 775. The molecule has 0 aromatic heterocycles. The molecule has 2 rings (SSSR count). The minimum Gasteiger partial charge on any atom is -0.508 e. The first-order valence-electron chi connectivity index (χ1n) is 9.45. The van der Waals surface area contributed by atoms with E-state index in [0.717, 1.165) is 24.3 Å². The summed E-state index contributed by atoms with van der Waals surface area (Å²) in [6.07, 6.45) is -8.86. The number of hydrogen-bond acceptors (Lipinski definition) is 2. The molecule has 0 heterocycles. The van der Waals surface area contributed by atoms with Crippen LogP contribution in [0.5, 0.6) is 5.75 Å². The normalized spacial score (nSPS) is 18.4. The molecule has 1 unspecified atom stereocenters. The van der Waals surface area contributed by atoms with Crippen molar-refractivity contribution < 1.29 is 36.6 Å². The summed E-state index contributed by atoms with van der Waals surface area (Å²) in [5.41, 5.74) is -4.90. The first kappa shape index (κ1) is 23.2. The molecule has 0 radical (unpaired) electrons. The Balaban J connectivity index is 2.75. The van der Waals surface area contributed by atoms with Gasteiger partial charge in [-0.05, 0) is 48.1 Å². The molecular formula is C21H24F6O2. The largest absolute Gasteiger partial charge is 0.508 e. The first-order chi connectivity index (χ1) is 13.4. The Hall–Kier alpha value is -2.12. The van der Waals surface area contributed by atoms with Crippen LogP contribution >= 0.6 is 0 Å². The topological polar surface area (TPSA) is 40.5 Å². The minimum absolute atomic E-state index is 0.0369. The summed E-state index contributed by atoms with van der Waals surface area (Å²) in [6, 6.07) is 2.39. The molecule has 162 valence electrons. The zero-order chi connectivity index (χ0) is 22.0. The van der Waals surface area contributed by atoms with E-state index in [1.165, 1.54) is 0 Å². The zero-order valence-corrected chi connectivity index (χ0v) is 16.2. The summed E-state index contributed by atoms with van der Waals surface area (Å²) in [5.74, 6) is -2.59. The number of hydrogen-bond donors (Lipinski definition) is 2. The Morgan fingerprint density at radius 3 is 2.03 bits per heavy atom. The third-order valence-corrected chi connectivity index (χ3v) is 5.37. The number of benzene rings is 1. The number of halogens is 6. The summed E-state index contributed by atoms with van der Waals surface area (Å²) in [7, 11) is 0. The molecule has 1 aromatic carbocycles. The highest BCUT2D eigenvalue weighted by atomic mass is 19.4. The first-order valence-corrected chi connectivity index (χ1v) is 9.45. The van der Waals surface area contributed by atoms with Gasteiger partial charge < -0.3 is 10.2 Å². The number of aliphatic hydroxyl groups is 1. The summed E-state index contributed by atoms with van der Waals surface area (Å²) in [4.78, 5) is 0. The molecule has 8 heteroatoms. The van der Waals surface area contributed by atoms with E-state index in [0.29, 0.717) is 18.9 Å². The van der Waals surface area contributed by atoms with Gasteiger partial charge in [0.25, 0.3) is 0 Å². The predicted molar refractivity (Wildman–Crippen MR) is 97.7 cm³/mol. The number of alkyl halides is 6. The molecule has 2 nitrogen and oxygen atoms in total. The fourth-order valence-corrected chi connectivity index (χ4v) is 4.02. The van der Waals surface area contributed by atoms with Crippen LogP contribution in [0, 0.1) is 5.92 Å². The van der Waals surface area contributed by atoms with Crippen molar-refractivity contribution in [3.8, 4) is 5.75 Å². The van der Waals surface area contributed by atoms with Crippen LogP contribution < -0.4 is 0 Å². The highest BCUT2D eigenvalue weighted by Crippen LogP contribution is 2.59. The lowest BCUT2D eigenvalue weighted by atomic mass is 9.65. The second-order valence-corrected chi connectivity index (χ2v) is 7.31. The molecule has 0 aliphatic heterocycles. The Morgan fingerprint density at radius 1 is 0.931 bits per heavy atom. The molecule has 1 aliphatic carbocycles. The van der Waals surface area contributed by atoms with Gasteiger partial charge in [-0.1, -0.05) is 44.9 Å². The van der Waals surface area contributed by atoms with Gasteiger partial charge in [0.05, 0.1) is 0 Å². The Labute approximate surface area is 165 Å². The average molecular weight is 422 g/mol. The van der Waals surface area contributed by atoms with Gasteiger partial charge >= 0.3 is 12.4 Å². The lowest BCUT2D eigenvalue weighted by Gasteiger charge is -2.44. The molecule has 0 amide bonds. The maximum atomic E-state index is 14.3. The van der Waals surface area contributed by atoms with Crippen LogP contribution in [0.3, 0.4) is 0 Å². The number of allylic oxidation sites excluding steroid dienone is 3. The van der Waals surface area contributed by atoms with Gasteiger partial charge in [-0.2, -0.15) is 26.3 Å². The number of aliphatic hydroxyl groups excluding tert-OH is 1. The van der Waals surface area contributed by atoms with Crippen molar-refractivity contribution in [3.05, 3.63) is 52.8 Å². The minimum atomic E-state index is -5.65. The van der Waals surface area contributed by atoms with Gasteiger partial charge in [-0.3, -0.25) is 0 Å². The maximum Gasteiger partial charge on any atom is 0.407 e. The van der Waals surface area contributed by atoms with Gasteiger partial charge in [0, 0.05) is 5.92 Å². The van der Waals surface area contributed by atoms with Crippen LogP contribution in [0.1, 0.15) is 50.7 Å². The molecule has 0 saturated carbocycles. The van der Waals surface area contributed by atoms with Crippen LogP contribution in [0.4, 0.5) is 26.3 Å². The van der Waals surface area contributed by atoms with Gasteiger partial charge in [0.15, 0.2) is 5.41 Å². The zero-order valence-electron chi connectivity index (χ0n) is 16.2. The van der Waals surface area contributed by atoms with E-state index in [9.17, 15) is 36.6 Å². The van der Waals surface area contributed by atoms with Crippen molar-refractivity contribution in [1.82, 2.24) is 0 Å². The number of aromatic hydroxyl groups is 1. The van der Waals surface area contributed by atoms with E-state index >= 15 is 0 Å². The lowest BCUT2D eigenvalue weighted by Crippen LogP contribution is -2.58. The van der Waals surface area contributed by atoms with E-state index in [1.54, 1.807) is 13.8 Å². The maximum absolute atomic E-state index is 14.3. The highest BCUT2D eigenvalue weighted by Gasteiger charge is 2.74. The van der Waals surface area contributed by atoms with Gasteiger partial charge in [0.1, 0.15) is 11.5 Å². The second kappa shape index (κ2) is 8.32. The molecule has 1 atom stereocenters. The molecule has 2 N–H and O–H groups in total. The van der Waals surface area contributed by atoms with Crippen LogP contribution in [0.25, 0.3) is 0 Å². The number of aryl methyl sites for hydroxylation is 1. The number of phenols is 1. The fourth-order valence-electron chi connectivity index (χ4n) is 4.02. The van der Waals surface area contributed by atoms with Crippen LogP contribution in [-0.4, -0.2) is 22.6 Å². The monoisotopic (exact) mass is 422 g/mol. The smallest absolute Gasteiger partial charge is 0.407 e. The number of rotatable bonds is 6. The Kier molecular flexibility index (Phi) is 6.65. The van der Waals surface area contributed by atoms with E-state index in [1.807, 2.05) is 0 Å². The third-order valence-electron chi connectivity index (χ3n) is 5.37.